The number of amides is 2. The van der Waals surface area contributed by atoms with Crippen molar-refractivity contribution in [1.29, 1.82) is 0 Å². The third-order valence-electron chi connectivity index (χ3n) is 2.19. The molecule has 3 N–H and O–H groups in total. The summed E-state index contributed by atoms with van der Waals surface area (Å²) in [7, 11) is 0. The van der Waals surface area contributed by atoms with Gasteiger partial charge in [0.1, 0.15) is 6.10 Å². The zero-order valence-corrected chi connectivity index (χ0v) is 10.3. The summed E-state index contributed by atoms with van der Waals surface area (Å²) in [6.07, 6.45) is -4.77. The van der Waals surface area contributed by atoms with Crippen LogP contribution in [-0.2, 0) is 0 Å². The van der Waals surface area contributed by atoms with E-state index in [1.54, 1.807) is 18.2 Å². The predicted molar refractivity (Wildman–Crippen MR) is 65.2 cm³/mol. The van der Waals surface area contributed by atoms with E-state index in [1.165, 1.54) is 0 Å². The van der Waals surface area contributed by atoms with Crippen molar-refractivity contribution >= 4 is 23.3 Å². The lowest BCUT2D eigenvalue weighted by molar-refractivity contribution is -0.00155. The SMILES string of the molecule is Cc1ccc(NC(=O)NCC(O)C(F)F)cc1Cl. The van der Waals surface area contributed by atoms with Crippen molar-refractivity contribution in [2.24, 2.45) is 0 Å². The molecule has 2 amide bonds. The molecule has 0 spiro atoms. The van der Waals surface area contributed by atoms with Crippen LogP contribution < -0.4 is 10.6 Å². The first-order valence-electron chi connectivity index (χ1n) is 5.17. The second-order valence-electron chi connectivity index (χ2n) is 3.70. The van der Waals surface area contributed by atoms with Crippen LogP contribution in [0.3, 0.4) is 0 Å². The van der Waals surface area contributed by atoms with Gasteiger partial charge in [-0.05, 0) is 24.6 Å². The molecule has 4 nitrogen and oxygen atoms in total. The summed E-state index contributed by atoms with van der Waals surface area (Å²) in [5.74, 6) is 0. The molecule has 0 radical (unpaired) electrons. The molecule has 1 aromatic carbocycles. The standard InChI is InChI=1S/C11H13ClF2N2O2/c1-6-2-3-7(4-8(6)12)16-11(18)15-5-9(17)10(13)14/h2-4,9-10,17H,5H2,1H3,(H2,15,16,18). The largest absolute Gasteiger partial charge is 0.385 e. The van der Waals surface area contributed by atoms with Crippen molar-refractivity contribution < 1.29 is 18.7 Å². The molecule has 18 heavy (non-hydrogen) atoms. The monoisotopic (exact) mass is 278 g/mol. The number of anilines is 1. The van der Waals surface area contributed by atoms with Crippen LogP contribution in [0.4, 0.5) is 19.3 Å². The molecule has 0 saturated carbocycles. The normalized spacial score (nSPS) is 12.3. The van der Waals surface area contributed by atoms with Crippen LogP contribution in [0.2, 0.25) is 5.02 Å². The number of carbonyl (C=O) groups excluding carboxylic acids is 1. The smallest absolute Gasteiger partial charge is 0.319 e. The van der Waals surface area contributed by atoms with Crippen molar-refractivity contribution in [3.63, 3.8) is 0 Å². The summed E-state index contributed by atoms with van der Waals surface area (Å²) >= 11 is 5.86. The third-order valence-corrected chi connectivity index (χ3v) is 2.60. The zero-order valence-electron chi connectivity index (χ0n) is 9.58. The molecule has 0 bridgehead atoms. The third kappa shape index (κ3) is 4.46. The van der Waals surface area contributed by atoms with Crippen molar-refractivity contribution in [3.05, 3.63) is 28.8 Å². The first-order valence-corrected chi connectivity index (χ1v) is 5.55. The van der Waals surface area contributed by atoms with Gasteiger partial charge >= 0.3 is 6.03 Å². The van der Waals surface area contributed by atoms with E-state index in [4.69, 9.17) is 16.7 Å². The average Bonchev–Trinajstić information content (AvgIpc) is 2.30. The number of carbonyl (C=O) groups is 1. The van der Waals surface area contributed by atoms with Gasteiger partial charge in [0.05, 0.1) is 6.54 Å². The molecule has 100 valence electrons. The fourth-order valence-corrected chi connectivity index (χ4v) is 1.31. The average molecular weight is 279 g/mol. The van der Waals surface area contributed by atoms with Crippen molar-refractivity contribution in [2.75, 3.05) is 11.9 Å². The van der Waals surface area contributed by atoms with E-state index in [-0.39, 0.29) is 0 Å². The number of benzene rings is 1. The second-order valence-corrected chi connectivity index (χ2v) is 4.11. The molecule has 0 aliphatic rings. The minimum absolute atomic E-state index is 0.439. The van der Waals surface area contributed by atoms with E-state index in [1.807, 2.05) is 6.92 Å². The van der Waals surface area contributed by atoms with Crippen molar-refractivity contribution in [3.8, 4) is 0 Å². The Morgan fingerprint density at radius 3 is 2.72 bits per heavy atom. The molecule has 0 fully saturated rings. The molecule has 1 aromatic rings. The molecule has 1 rings (SSSR count). The maximum atomic E-state index is 12.0. The molecular formula is C11H13ClF2N2O2. The maximum absolute atomic E-state index is 12.0. The van der Waals surface area contributed by atoms with Gasteiger partial charge in [0.15, 0.2) is 0 Å². The molecule has 0 saturated heterocycles. The number of halogens is 3. The summed E-state index contributed by atoms with van der Waals surface area (Å²) in [5, 5.41) is 13.8. The first kappa shape index (κ1) is 14.7. The predicted octanol–water partition coefficient (Wildman–Crippen LogP) is 2.40. The highest BCUT2D eigenvalue weighted by Crippen LogP contribution is 2.19. The lowest BCUT2D eigenvalue weighted by atomic mass is 10.2. The summed E-state index contributed by atoms with van der Waals surface area (Å²) in [4.78, 5) is 11.3. The Bertz CT molecular complexity index is 430. The minimum Gasteiger partial charge on any atom is -0.385 e. The van der Waals surface area contributed by atoms with E-state index in [9.17, 15) is 13.6 Å². The van der Waals surface area contributed by atoms with Crippen LogP contribution in [0.15, 0.2) is 18.2 Å². The van der Waals surface area contributed by atoms with Crippen LogP contribution in [0.5, 0.6) is 0 Å². The fourth-order valence-electron chi connectivity index (χ4n) is 1.13. The topological polar surface area (TPSA) is 61.4 Å². The Morgan fingerprint density at radius 1 is 1.50 bits per heavy atom. The molecule has 0 aliphatic carbocycles. The summed E-state index contributed by atoms with van der Waals surface area (Å²) in [6.45, 7) is 1.29. The molecule has 7 heteroatoms. The quantitative estimate of drug-likeness (QED) is 0.792. The van der Waals surface area contributed by atoms with Gasteiger partial charge in [-0.25, -0.2) is 13.6 Å². The molecular weight excluding hydrogens is 266 g/mol. The van der Waals surface area contributed by atoms with Crippen LogP contribution in [0, 0.1) is 6.92 Å². The number of rotatable bonds is 4. The maximum Gasteiger partial charge on any atom is 0.319 e. The number of hydrogen-bond acceptors (Lipinski definition) is 2. The zero-order chi connectivity index (χ0) is 13.7. The number of urea groups is 1. The Balaban J connectivity index is 2.47. The van der Waals surface area contributed by atoms with Crippen LogP contribution in [0.25, 0.3) is 0 Å². The van der Waals surface area contributed by atoms with Crippen LogP contribution in [-0.4, -0.2) is 30.2 Å². The fraction of sp³-hybridized carbons (Fsp3) is 0.364. The van der Waals surface area contributed by atoms with E-state index >= 15 is 0 Å². The van der Waals surface area contributed by atoms with E-state index in [0.29, 0.717) is 10.7 Å². The Morgan fingerprint density at radius 2 is 2.17 bits per heavy atom. The lowest BCUT2D eigenvalue weighted by Gasteiger charge is -2.12. The van der Waals surface area contributed by atoms with Crippen LogP contribution in [0.1, 0.15) is 5.56 Å². The molecule has 0 aliphatic heterocycles. The number of aliphatic hydroxyl groups is 1. The van der Waals surface area contributed by atoms with E-state index < -0.39 is 25.1 Å². The second kappa shape index (κ2) is 6.51. The molecule has 1 unspecified atom stereocenters. The number of hydrogen-bond donors (Lipinski definition) is 3. The minimum atomic E-state index is -2.89. The van der Waals surface area contributed by atoms with Gasteiger partial charge in [-0.1, -0.05) is 17.7 Å². The molecule has 0 heterocycles. The Kier molecular flexibility index (Phi) is 5.30. The summed E-state index contributed by atoms with van der Waals surface area (Å²) in [6, 6.07) is 4.20. The summed E-state index contributed by atoms with van der Waals surface area (Å²) in [5.41, 5.74) is 1.30. The van der Waals surface area contributed by atoms with Gasteiger partial charge < -0.3 is 15.7 Å². The number of nitrogens with one attached hydrogen (secondary N) is 2. The van der Waals surface area contributed by atoms with Gasteiger partial charge in [0.25, 0.3) is 6.43 Å². The van der Waals surface area contributed by atoms with Crippen LogP contribution >= 0.6 is 11.6 Å². The number of aryl methyl sites for hydroxylation is 1. The highest BCUT2D eigenvalue weighted by molar-refractivity contribution is 6.31. The van der Waals surface area contributed by atoms with Gasteiger partial charge in [-0.2, -0.15) is 0 Å². The van der Waals surface area contributed by atoms with Gasteiger partial charge in [-0.3, -0.25) is 0 Å². The van der Waals surface area contributed by atoms with Crippen molar-refractivity contribution in [2.45, 2.75) is 19.5 Å². The Hall–Kier alpha value is -1.40. The van der Waals surface area contributed by atoms with E-state index in [2.05, 4.69) is 10.6 Å². The number of alkyl halides is 2. The van der Waals surface area contributed by atoms with E-state index in [0.717, 1.165) is 5.56 Å². The number of aliphatic hydroxyl groups excluding tert-OH is 1. The van der Waals surface area contributed by atoms with Crippen molar-refractivity contribution in [1.82, 2.24) is 5.32 Å². The highest BCUT2D eigenvalue weighted by atomic mass is 35.5. The Labute approximate surface area is 108 Å². The first-order chi connectivity index (χ1) is 8.40. The lowest BCUT2D eigenvalue weighted by Crippen LogP contribution is -2.38. The molecule has 1 atom stereocenters. The van der Waals surface area contributed by atoms with Gasteiger partial charge in [0, 0.05) is 10.7 Å². The van der Waals surface area contributed by atoms with Gasteiger partial charge in [-0.15, -0.1) is 0 Å². The van der Waals surface area contributed by atoms with Gasteiger partial charge in [0.2, 0.25) is 0 Å². The summed E-state index contributed by atoms with van der Waals surface area (Å²) < 4.78 is 23.9. The molecule has 0 aromatic heterocycles. The highest BCUT2D eigenvalue weighted by Gasteiger charge is 2.17.